The summed E-state index contributed by atoms with van der Waals surface area (Å²) in [5.41, 5.74) is 0.985. The molecule has 0 saturated heterocycles. The molecule has 2 rings (SSSR count). The number of rotatable bonds is 4. The highest BCUT2D eigenvalue weighted by molar-refractivity contribution is 6.32. The van der Waals surface area contributed by atoms with Crippen LogP contribution in [0.2, 0.25) is 5.02 Å². The molecule has 0 aromatic heterocycles. The number of amides is 1. The van der Waals surface area contributed by atoms with Gasteiger partial charge in [0.25, 0.3) is 5.69 Å². The van der Waals surface area contributed by atoms with Gasteiger partial charge in [-0.25, -0.2) is 0 Å². The van der Waals surface area contributed by atoms with E-state index in [1.54, 1.807) is 6.92 Å². The van der Waals surface area contributed by atoms with Gasteiger partial charge < -0.3 is 5.32 Å². The molecule has 5 nitrogen and oxygen atoms in total. The average Bonchev–Trinajstić information content (AvgIpc) is 2.49. The van der Waals surface area contributed by atoms with E-state index in [-0.39, 0.29) is 22.5 Å². The van der Waals surface area contributed by atoms with Gasteiger partial charge in [-0.1, -0.05) is 41.9 Å². The second-order valence-electron chi connectivity index (χ2n) is 4.54. The first kappa shape index (κ1) is 15.0. The van der Waals surface area contributed by atoms with Crippen LogP contribution in [-0.2, 0) is 4.79 Å². The van der Waals surface area contributed by atoms with Crippen LogP contribution in [0, 0.1) is 10.1 Å². The van der Waals surface area contributed by atoms with E-state index in [0.717, 1.165) is 5.56 Å². The fourth-order valence-electron chi connectivity index (χ4n) is 1.87. The van der Waals surface area contributed by atoms with Crippen molar-refractivity contribution in [1.82, 2.24) is 0 Å². The van der Waals surface area contributed by atoms with Gasteiger partial charge >= 0.3 is 0 Å². The van der Waals surface area contributed by atoms with Crippen LogP contribution in [0.5, 0.6) is 0 Å². The molecule has 0 aliphatic heterocycles. The van der Waals surface area contributed by atoms with Gasteiger partial charge in [0.2, 0.25) is 5.91 Å². The fraction of sp³-hybridized carbons (Fsp3) is 0.133. The minimum absolute atomic E-state index is 0.0362. The van der Waals surface area contributed by atoms with Gasteiger partial charge in [-0.05, 0) is 24.6 Å². The van der Waals surface area contributed by atoms with Crippen LogP contribution < -0.4 is 5.32 Å². The van der Waals surface area contributed by atoms with Crippen molar-refractivity contribution in [2.45, 2.75) is 12.8 Å². The Balaban J connectivity index is 2.16. The maximum atomic E-state index is 12.2. The predicted molar refractivity (Wildman–Crippen MR) is 81.6 cm³/mol. The van der Waals surface area contributed by atoms with Crippen molar-refractivity contribution in [3.8, 4) is 0 Å². The third-order valence-electron chi connectivity index (χ3n) is 3.10. The quantitative estimate of drug-likeness (QED) is 0.685. The number of anilines is 1. The van der Waals surface area contributed by atoms with Crippen LogP contribution in [0.1, 0.15) is 18.4 Å². The van der Waals surface area contributed by atoms with E-state index in [0.29, 0.717) is 5.69 Å². The Morgan fingerprint density at radius 2 is 1.90 bits per heavy atom. The zero-order valence-electron chi connectivity index (χ0n) is 11.2. The van der Waals surface area contributed by atoms with Gasteiger partial charge in [0.1, 0.15) is 5.02 Å². The summed E-state index contributed by atoms with van der Waals surface area (Å²) in [6.45, 7) is 1.77. The Bertz CT molecular complexity index is 674. The minimum atomic E-state index is -0.585. The van der Waals surface area contributed by atoms with Crippen LogP contribution in [0.25, 0.3) is 0 Å². The number of nitro benzene ring substituents is 1. The van der Waals surface area contributed by atoms with Crippen LogP contribution in [-0.4, -0.2) is 10.8 Å². The number of nitrogens with one attached hydrogen (secondary N) is 1. The van der Waals surface area contributed by atoms with E-state index in [2.05, 4.69) is 5.32 Å². The Morgan fingerprint density at radius 1 is 1.24 bits per heavy atom. The van der Waals surface area contributed by atoms with Crippen LogP contribution >= 0.6 is 11.6 Å². The topological polar surface area (TPSA) is 72.2 Å². The SMILES string of the molecule is CC(C(=O)Nc1ccc(Cl)c([N+](=O)[O-])c1)c1ccccc1. The smallest absolute Gasteiger partial charge is 0.289 e. The first-order valence-electron chi connectivity index (χ1n) is 6.29. The van der Waals surface area contributed by atoms with E-state index in [4.69, 9.17) is 11.6 Å². The molecule has 1 N–H and O–H groups in total. The first-order chi connectivity index (χ1) is 9.99. The molecule has 6 heteroatoms. The van der Waals surface area contributed by atoms with Gasteiger partial charge in [0, 0.05) is 11.8 Å². The van der Waals surface area contributed by atoms with Gasteiger partial charge in [-0.15, -0.1) is 0 Å². The van der Waals surface area contributed by atoms with Crippen molar-refractivity contribution in [3.63, 3.8) is 0 Å². The number of hydrogen-bond donors (Lipinski definition) is 1. The molecule has 0 aliphatic carbocycles. The Kier molecular flexibility index (Phi) is 4.55. The standard InChI is InChI=1S/C15H13ClN2O3/c1-10(11-5-3-2-4-6-11)15(19)17-12-7-8-13(16)14(9-12)18(20)21/h2-10H,1H3,(H,17,19). The molecule has 0 aliphatic rings. The summed E-state index contributed by atoms with van der Waals surface area (Å²) in [5.74, 6) is -0.598. The van der Waals surface area contributed by atoms with Crippen molar-refractivity contribution in [3.05, 3.63) is 69.2 Å². The summed E-state index contributed by atoms with van der Waals surface area (Å²) in [6, 6.07) is 13.5. The summed E-state index contributed by atoms with van der Waals surface area (Å²) in [6.07, 6.45) is 0. The molecule has 0 saturated carbocycles. The zero-order valence-corrected chi connectivity index (χ0v) is 12.0. The number of nitro groups is 1. The lowest BCUT2D eigenvalue weighted by Crippen LogP contribution is -2.18. The number of nitrogens with zero attached hydrogens (tertiary/aromatic N) is 1. The third kappa shape index (κ3) is 3.58. The van der Waals surface area contributed by atoms with E-state index >= 15 is 0 Å². The first-order valence-corrected chi connectivity index (χ1v) is 6.66. The van der Waals surface area contributed by atoms with Crippen molar-refractivity contribution >= 4 is 28.9 Å². The van der Waals surface area contributed by atoms with Gasteiger partial charge in [0.05, 0.1) is 10.8 Å². The highest BCUT2D eigenvalue weighted by atomic mass is 35.5. The van der Waals surface area contributed by atoms with Crippen molar-refractivity contribution < 1.29 is 9.72 Å². The van der Waals surface area contributed by atoms with E-state index in [9.17, 15) is 14.9 Å². The average molecular weight is 305 g/mol. The maximum Gasteiger partial charge on any atom is 0.289 e. The molecule has 21 heavy (non-hydrogen) atoms. The number of carbonyl (C=O) groups excluding carboxylic acids is 1. The van der Waals surface area contributed by atoms with Crippen LogP contribution in [0.15, 0.2) is 48.5 Å². The lowest BCUT2D eigenvalue weighted by Gasteiger charge is -2.12. The normalized spacial score (nSPS) is 11.7. The summed E-state index contributed by atoms with van der Waals surface area (Å²) >= 11 is 5.73. The number of halogens is 1. The Labute approximate surface area is 126 Å². The van der Waals surface area contributed by atoms with Crippen LogP contribution in [0.4, 0.5) is 11.4 Å². The molecule has 2 aromatic rings. The molecule has 1 unspecified atom stereocenters. The maximum absolute atomic E-state index is 12.2. The van der Waals surface area contributed by atoms with E-state index < -0.39 is 4.92 Å². The van der Waals surface area contributed by atoms with Gasteiger partial charge in [0.15, 0.2) is 0 Å². The van der Waals surface area contributed by atoms with Gasteiger partial charge in [-0.2, -0.15) is 0 Å². The molecule has 0 spiro atoms. The molecule has 2 aromatic carbocycles. The predicted octanol–water partition coefficient (Wildman–Crippen LogP) is 3.99. The Morgan fingerprint density at radius 3 is 2.52 bits per heavy atom. The molecular formula is C15H13ClN2O3. The highest BCUT2D eigenvalue weighted by Gasteiger charge is 2.17. The molecule has 0 bridgehead atoms. The van der Waals surface area contributed by atoms with Crippen LogP contribution in [0.3, 0.4) is 0 Å². The molecule has 108 valence electrons. The largest absolute Gasteiger partial charge is 0.325 e. The molecule has 1 atom stereocenters. The van der Waals surface area contributed by atoms with Crippen molar-refractivity contribution in [2.24, 2.45) is 0 Å². The second-order valence-corrected chi connectivity index (χ2v) is 4.95. The second kappa shape index (κ2) is 6.37. The summed E-state index contributed by atoms with van der Waals surface area (Å²) in [5, 5.41) is 13.5. The van der Waals surface area contributed by atoms with E-state index in [1.165, 1.54) is 18.2 Å². The summed E-state index contributed by atoms with van der Waals surface area (Å²) < 4.78 is 0. The van der Waals surface area contributed by atoms with Gasteiger partial charge in [-0.3, -0.25) is 14.9 Å². The lowest BCUT2D eigenvalue weighted by molar-refractivity contribution is -0.384. The molecule has 0 radical (unpaired) electrons. The lowest BCUT2D eigenvalue weighted by atomic mass is 10.0. The minimum Gasteiger partial charge on any atom is -0.325 e. The summed E-state index contributed by atoms with van der Waals surface area (Å²) in [7, 11) is 0. The molecule has 1 amide bonds. The van der Waals surface area contributed by atoms with Crippen molar-refractivity contribution in [1.29, 1.82) is 0 Å². The monoisotopic (exact) mass is 304 g/mol. The van der Waals surface area contributed by atoms with E-state index in [1.807, 2.05) is 30.3 Å². The molecule has 0 heterocycles. The van der Waals surface area contributed by atoms with Crippen molar-refractivity contribution in [2.75, 3.05) is 5.32 Å². The summed E-state index contributed by atoms with van der Waals surface area (Å²) in [4.78, 5) is 22.4. The Hall–Kier alpha value is -2.40. The third-order valence-corrected chi connectivity index (χ3v) is 3.42. The number of carbonyl (C=O) groups is 1. The molecule has 0 fully saturated rings. The number of benzene rings is 2. The molecular weight excluding hydrogens is 292 g/mol. The zero-order chi connectivity index (χ0) is 15.4. The number of hydrogen-bond acceptors (Lipinski definition) is 3. The highest BCUT2D eigenvalue weighted by Crippen LogP contribution is 2.28. The fourth-order valence-corrected chi connectivity index (χ4v) is 2.06.